The van der Waals surface area contributed by atoms with Gasteiger partial charge >= 0.3 is 12.2 Å². The Bertz CT molecular complexity index is 1060. The number of aryl methyl sites for hydroxylation is 1. The standard InChI is InChI=1S/C26H36N4O5/c1-24(2,3)34-22(32)29-16-26(17-29)11-13-28(20(26)15-31)14-19-10-9-18-8-7-12-30(21(18)27-19)23(33)35-25(4,5)6/h9-10H,7-8,11-14,16-17H2,1-6H3. The number of ether oxygens (including phenoxy) is 2. The van der Waals surface area contributed by atoms with Crippen molar-refractivity contribution in [1.29, 1.82) is 0 Å². The molecular weight excluding hydrogens is 448 g/mol. The number of carbonyl (C=O) groups is 2. The predicted octanol–water partition coefficient (Wildman–Crippen LogP) is 3.93. The minimum atomic E-state index is -0.588. The monoisotopic (exact) mass is 484 g/mol. The summed E-state index contributed by atoms with van der Waals surface area (Å²) in [4.78, 5) is 47.2. The van der Waals surface area contributed by atoms with Gasteiger partial charge in [0.2, 0.25) is 0 Å². The molecule has 0 unspecified atom stereocenters. The van der Waals surface area contributed by atoms with E-state index >= 15 is 0 Å². The van der Waals surface area contributed by atoms with Crippen LogP contribution in [-0.2, 0) is 27.2 Å². The number of likely N-dealkylation sites (tertiary alicyclic amines) is 2. The van der Waals surface area contributed by atoms with E-state index in [1.807, 2.05) is 58.6 Å². The maximum absolute atomic E-state index is 12.8. The summed E-state index contributed by atoms with van der Waals surface area (Å²) in [6.07, 6.45) is 1.73. The molecule has 190 valence electrons. The molecular formula is C26H36N4O5. The summed E-state index contributed by atoms with van der Waals surface area (Å²) in [5, 5.41) is 0. The lowest BCUT2D eigenvalue weighted by molar-refractivity contribution is -0.0204. The Kier molecular flexibility index (Phi) is 6.34. The van der Waals surface area contributed by atoms with Crippen LogP contribution in [0.1, 0.15) is 65.6 Å². The molecule has 35 heavy (non-hydrogen) atoms. The second-order valence-corrected chi connectivity index (χ2v) is 11.8. The minimum Gasteiger partial charge on any atom is -0.444 e. The maximum Gasteiger partial charge on any atom is 0.416 e. The van der Waals surface area contributed by atoms with E-state index < -0.39 is 17.3 Å². The number of nitrogens with zero attached hydrogens (tertiary/aromatic N) is 4. The van der Waals surface area contributed by atoms with Crippen molar-refractivity contribution in [3.63, 3.8) is 0 Å². The zero-order chi connectivity index (χ0) is 25.6. The summed E-state index contributed by atoms with van der Waals surface area (Å²) in [7, 11) is 0. The highest BCUT2D eigenvalue weighted by Crippen LogP contribution is 2.47. The van der Waals surface area contributed by atoms with Crippen molar-refractivity contribution in [1.82, 2.24) is 14.8 Å². The zero-order valence-corrected chi connectivity index (χ0v) is 21.6. The van der Waals surface area contributed by atoms with Gasteiger partial charge < -0.3 is 19.3 Å². The molecule has 1 aromatic rings. The van der Waals surface area contributed by atoms with Gasteiger partial charge in [0.1, 0.15) is 28.7 Å². The van der Waals surface area contributed by atoms with Gasteiger partial charge in [0.25, 0.3) is 0 Å². The van der Waals surface area contributed by atoms with Gasteiger partial charge in [0, 0.05) is 26.2 Å². The van der Waals surface area contributed by atoms with Crippen molar-refractivity contribution in [3.8, 4) is 0 Å². The topological polar surface area (TPSA) is 92.3 Å². The average molecular weight is 485 g/mol. The molecule has 9 nitrogen and oxygen atoms in total. The lowest BCUT2D eigenvalue weighted by atomic mass is 9.77. The second-order valence-electron chi connectivity index (χ2n) is 11.8. The number of rotatable bonds is 2. The van der Waals surface area contributed by atoms with Crippen molar-refractivity contribution in [2.75, 3.05) is 31.1 Å². The number of hydrogen-bond acceptors (Lipinski definition) is 7. The summed E-state index contributed by atoms with van der Waals surface area (Å²) in [5.74, 6) is 2.78. The Hall–Kier alpha value is -3.06. The van der Waals surface area contributed by atoms with Crippen LogP contribution in [0.5, 0.6) is 0 Å². The summed E-state index contributed by atoms with van der Waals surface area (Å²) < 4.78 is 11.1. The molecule has 1 spiro atoms. The fourth-order valence-corrected chi connectivity index (χ4v) is 4.95. The van der Waals surface area contributed by atoms with Gasteiger partial charge in [-0.2, -0.15) is 0 Å². The van der Waals surface area contributed by atoms with E-state index in [2.05, 4.69) is 5.94 Å². The molecule has 0 saturated carbocycles. The molecule has 4 rings (SSSR count). The molecule has 1 aromatic heterocycles. The number of amides is 2. The van der Waals surface area contributed by atoms with Crippen molar-refractivity contribution in [2.24, 2.45) is 5.41 Å². The van der Waals surface area contributed by atoms with Crippen molar-refractivity contribution in [3.05, 3.63) is 29.1 Å². The van der Waals surface area contributed by atoms with Crippen LogP contribution < -0.4 is 4.90 Å². The molecule has 0 N–H and O–H groups in total. The third-order valence-electron chi connectivity index (χ3n) is 6.48. The fourth-order valence-electron chi connectivity index (χ4n) is 4.95. The molecule has 0 bridgehead atoms. The van der Waals surface area contributed by atoms with E-state index in [-0.39, 0.29) is 11.5 Å². The van der Waals surface area contributed by atoms with Gasteiger partial charge in [-0.15, -0.1) is 0 Å². The lowest BCUT2D eigenvalue weighted by Gasteiger charge is -2.47. The molecule has 0 aliphatic carbocycles. The quantitative estimate of drug-likeness (QED) is 0.587. The number of fused-ring (bicyclic) bond motifs is 1. The third-order valence-corrected chi connectivity index (χ3v) is 6.48. The predicted molar refractivity (Wildman–Crippen MR) is 131 cm³/mol. The highest BCUT2D eigenvalue weighted by molar-refractivity contribution is 5.88. The van der Waals surface area contributed by atoms with Crippen LogP contribution in [0.2, 0.25) is 0 Å². The van der Waals surface area contributed by atoms with E-state index in [1.165, 1.54) is 0 Å². The van der Waals surface area contributed by atoms with Gasteiger partial charge in [0.05, 0.1) is 17.7 Å². The van der Waals surface area contributed by atoms with Crippen molar-refractivity contribution in [2.45, 2.75) is 78.6 Å². The molecule has 2 saturated heterocycles. The molecule has 3 aliphatic rings. The number of pyridine rings is 1. The Morgan fingerprint density at radius 1 is 1.03 bits per heavy atom. The van der Waals surface area contributed by atoms with E-state index in [9.17, 15) is 14.4 Å². The third kappa shape index (κ3) is 5.30. The zero-order valence-electron chi connectivity index (χ0n) is 21.6. The summed E-state index contributed by atoms with van der Waals surface area (Å²) in [6.45, 7) is 13.6. The highest BCUT2D eigenvalue weighted by Gasteiger charge is 2.54. The minimum absolute atomic E-state index is 0.356. The second kappa shape index (κ2) is 8.86. The number of aromatic nitrogens is 1. The van der Waals surface area contributed by atoms with E-state index in [1.54, 1.807) is 9.80 Å². The average Bonchev–Trinajstić information content (AvgIpc) is 3.07. The smallest absolute Gasteiger partial charge is 0.416 e. The van der Waals surface area contributed by atoms with Crippen LogP contribution in [0.4, 0.5) is 15.4 Å². The van der Waals surface area contributed by atoms with Gasteiger partial charge in [-0.25, -0.2) is 19.4 Å². The van der Waals surface area contributed by atoms with Gasteiger partial charge in [0.15, 0.2) is 0 Å². The Labute approximate surface area is 207 Å². The molecule has 0 aromatic carbocycles. The molecule has 0 radical (unpaired) electrons. The SMILES string of the molecule is CC(C)(C)OC(=O)N1CC2(CCN(Cc3ccc4c(n3)N(C(=O)OC(C)(C)C)CCC4)C2=C=O)C1. The van der Waals surface area contributed by atoms with Crippen LogP contribution in [-0.4, -0.2) is 70.3 Å². The van der Waals surface area contributed by atoms with E-state index in [4.69, 9.17) is 14.5 Å². The Balaban J connectivity index is 1.46. The van der Waals surface area contributed by atoms with Crippen LogP contribution in [0.25, 0.3) is 0 Å². The molecule has 3 aliphatic heterocycles. The highest BCUT2D eigenvalue weighted by atomic mass is 16.6. The largest absolute Gasteiger partial charge is 0.444 e. The molecule has 0 atom stereocenters. The van der Waals surface area contributed by atoms with E-state index in [0.29, 0.717) is 44.2 Å². The lowest BCUT2D eigenvalue weighted by Crippen LogP contribution is -2.59. The first-order valence-corrected chi connectivity index (χ1v) is 12.3. The summed E-state index contributed by atoms with van der Waals surface area (Å²) >= 11 is 0. The maximum atomic E-state index is 12.8. The van der Waals surface area contributed by atoms with E-state index in [0.717, 1.165) is 30.5 Å². The molecule has 9 heteroatoms. The Morgan fingerprint density at radius 2 is 1.69 bits per heavy atom. The van der Waals surface area contributed by atoms with Crippen LogP contribution in [0.15, 0.2) is 17.8 Å². The summed E-state index contributed by atoms with van der Waals surface area (Å²) in [5.41, 5.74) is 0.844. The van der Waals surface area contributed by atoms with Gasteiger partial charge in [-0.05, 0) is 72.4 Å². The van der Waals surface area contributed by atoms with Crippen molar-refractivity contribution >= 4 is 23.9 Å². The van der Waals surface area contributed by atoms with Gasteiger partial charge in [-0.1, -0.05) is 6.07 Å². The Morgan fingerprint density at radius 3 is 2.31 bits per heavy atom. The number of hydrogen-bond donors (Lipinski definition) is 0. The van der Waals surface area contributed by atoms with Crippen LogP contribution >= 0.6 is 0 Å². The summed E-state index contributed by atoms with van der Waals surface area (Å²) in [6, 6.07) is 3.97. The molecule has 4 heterocycles. The molecule has 2 fully saturated rings. The van der Waals surface area contributed by atoms with Crippen molar-refractivity contribution < 1.29 is 23.9 Å². The normalized spacial score (nSPS) is 19.3. The first kappa shape index (κ1) is 25.0. The first-order valence-electron chi connectivity index (χ1n) is 12.3. The fraction of sp³-hybridized carbons (Fsp3) is 0.654. The number of anilines is 1. The van der Waals surface area contributed by atoms with Crippen LogP contribution in [0.3, 0.4) is 0 Å². The first-order chi connectivity index (χ1) is 16.3. The van der Waals surface area contributed by atoms with Gasteiger partial charge in [-0.3, -0.25) is 4.90 Å². The molecule has 2 amide bonds. The number of carbonyl (C=O) groups excluding carboxylic acids is 3. The van der Waals surface area contributed by atoms with Crippen LogP contribution in [0, 0.1) is 5.41 Å².